The summed E-state index contributed by atoms with van der Waals surface area (Å²) in [4.78, 5) is 12.4. The average molecular weight is 470 g/mol. The minimum atomic E-state index is -0.198. The highest BCUT2D eigenvalue weighted by molar-refractivity contribution is 8.26. The maximum atomic E-state index is 11.8. The number of nitrogens with one attached hydrogen (secondary N) is 1. The van der Waals surface area contributed by atoms with E-state index in [1.165, 1.54) is 11.8 Å². The molecule has 9 heteroatoms. The van der Waals surface area contributed by atoms with Crippen molar-refractivity contribution in [3.63, 3.8) is 0 Å². The molecule has 5 nitrogen and oxygen atoms in total. The second kappa shape index (κ2) is 10.2. The Morgan fingerprint density at radius 1 is 1.03 bits per heavy atom. The molecule has 1 heterocycles. The molecular weight excluding hydrogens is 453 g/mol. The van der Waals surface area contributed by atoms with Crippen LogP contribution in [0.15, 0.2) is 41.3 Å². The fourth-order valence-electron chi connectivity index (χ4n) is 2.47. The average Bonchev–Trinajstić information content (AvgIpc) is 2.99. The van der Waals surface area contributed by atoms with Gasteiger partial charge in [-0.2, -0.15) is 0 Å². The molecule has 2 aromatic carbocycles. The van der Waals surface area contributed by atoms with Crippen LogP contribution in [0.3, 0.4) is 0 Å². The van der Waals surface area contributed by atoms with Crippen LogP contribution in [-0.2, 0) is 4.79 Å². The normalized spacial score (nSPS) is 14.8. The number of hydrogen-bond donors (Lipinski definition) is 1. The molecule has 152 valence electrons. The van der Waals surface area contributed by atoms with Crippen molar-refractivity contribution in [1.82, 2.24) is 5.32 Å². The summed E-state index contributed by atoms with van der Waals surface area (Å²) in [5.41, 5.74) is 0.812. The number of halogens is 2. The van der Waals surface area contributed by atoms with Gasteiger partial charge in [0.15, 0.2) is 11.5 Å². The van der Waals surface area contributed by atoms with Gasteiger partial charge in [0.05, 0.1) is 16.5 Å². The molecule has 1 aliphatic rings. The second-order valence-corrected chi connectivity index (χ2v) is 8.33. The van der Waals surface area contributed by atoms with E-state index in [4.69, 9.17) is 49.6 Å². The molecule has 0 bridgehead atoms. The Balaban J connectivity index is 1.63. The number of thioether (sulfide) groups is 1. The molecule has 1 saturated heterocycles. The lowest BCUT2D eigenvalue weighted by Gasteiger charge is -2.13. The van der Waals surface area contributed by atoms with E-state index in [1.807, 2.05) is 19.1 Å². The third-order valence-corrected chi connectivity index (χ3v) is 5.39. The molecule has 0 aliphatic carbocycles. The first-order chi connectivity index (χ1) is 14.0. The summed E-state index contributed by atoms with van der Waals surface area (Å²) in [6.45, 7) is 2.96. The molecule has 1 N–H and O–H groups in total. The first-order valence-corrected chi connectivity index (χ1v) is 10.7. The molecule has 0 atom stereocenters. The minimum Gasteiger partial charge on any atom is -0.490 e. The van der Waals surface area contributed by atoms with Crippen LogP contribution in [0.2, 0.25) is 10.0 Å². The maximum Gasteiger partial charge on any atom is 0.263 e. The number of carbonyl (C=O) groups is 1. The Hall–Kier alpha value is -1.93. The van der Waals surface area contributed by atoms with E-state index in [9.17, 15) is 4.79 Å². The van der Waals surface area contributed by atoms with Crippen molar-refractivity contribution < 1.29 is 19.0 Å². The lowest BCUT2D eigenvalue weighted by Crippen LogP contribution is -2.17. The highest BCUT2D eigenvalue weighted by atomic mass is 35.5. The third kappa shape index (κ3) is 6.02. The number of rotatable bonds is 8. The smallest absolute Gasteiger partial charge is 0.263 e. The molecule has 1 aliphatic heterocycles. The first kappa shape index (κ1) is 21.8. The van der Waals surface area contributed by atoms with Crippen molar-refractivity contribution in [2.24, 2.45) is 0 Å². The summed E-state index contributed by atoms with van der Waals surface area (Å²) in [6, 6.07) is 10.5. The van der Waals surface area contributed by atoms with E-state index < -0.39 is 0 Å². The number of hydrogen-bond acceptors (Lipinski definition) is 6. The highest BCUT2D eigenvalue weighted by Crippen LogP contribution is 2.32. The maximum absolute atomic E-state index is 11.8. The van der Waals surface area contributed by atoms with Crippen molar-refractivity contribution in [3.8, 4) is 17.2 Å². The molecule has 0 aromatic heterocycles. The largest absolute Gasteiger partial charge is 0.490 e. The molecule has 0 radical (unpaired) electrons. The lowest BCUT2D eigenvalue weighted by atomic mass is 10.2. The van der Waals surface area contributed by atoms with Crippen LogP contribution in [0.4, 0.5) is 0 Å². The number of carbonyl (C=O) groups excluding carboxylic acids is 1. The number of amides is 1. The number of ether oxygens (including phenoxy) is 3. The number of benzene rings is 2. The zero-order valence-corrected chi connectivity index (χ0v) is 18.5. The van der Waals surface area contributed by atoms with Crippen LogP contribution in [0.5, 0.6) is 17.2 Å². The third-order valence-electron chi connectivity index (χ3n) is 3.70. The molecular formula is C20H17Cl2NO4S2. The quantitative estimate of drug-likeness (QED) is 0.320. The van der Waals surface area contributed by atoms with E-state index in [0.717, 1.165) is 5.56 Å². The minimum absolute atomic E-state index is 0.198. The summed E-state index contributed by atoms with van der Waals surface area (Å²) in [5.74, 6) is 1.50. The fraction of sp³-hybridized carbons (Fsp3) is 0.200. The molecule has 0 unspecified atom stereocenters. The van der Waals surface area contributed by atoms with Crippen LogP contribution >= 0.6 is 47.2 Å². The molecule has 1 fully saturated rings. The van der Waals surface area contributed by atoms with Gasteiger partial charge in [-0.25, -0.2) is 0 Å². The Bertz CT molecular complexity index is 965. The zero-order valence-electron chi connectivity index (χ0n) is 15.4. The van der Waals surface area contributed by atoms with Crippen LogP contribution in [-0.4, -0.2) is 30.0 Å². The molecule has 0 spiro atoms. The fourth-order valence-corrected chi connectivity index (χ4v) is 3.98. The van der Waals surface area contributed by atoms with E-state index in [-0.39, 0.29) is 5.91 Å². The van der Waals surface area contributed by atoms with Gasteiger partial charge in [0.1, 0.15) is 23.3 Å². The van der Waals surface area contributed by atoms with Crippen molar-refractivity contribution in [2.75, 3.05) is 19.8 Å². The number of thiocarbonyl (C=S) groups is 1. The first-order valence-electron chi connectivity index (χ1n) is 8.68. The van der Waals surface area contributed by atoms with Gasteiger partial charge < -0.3 is 19.5 Å². The van der Waals surface area contributed by atoms with Gasteiger partial charge in [-0.05, 0) is 48.9 Å². The van der Waals surface area contributed by atoms with E-state index in [0.29, 0.717) is 56.3 Å². The molecule has 2 aromatic rings. The Labute approximate surface area is 188 Å². The second-order valence-electron chi connectivity index (χ2n) is 5.76. The molecule has 29 heavy (non-hydrogen) atoms. The van der Waals surface area contributed by atoms with Gasteiger partial charge in [0.25, 0.3) is 5.91 Å². The predicted molar refractivity (Wildman–Crippen MR) is 121 cm³/mol. The van der Waals surface area contributed by atoms with Gasteiger partial charge in [-0.1, -0.05) is 53.2 Å². The Kier molecular flexibility index (Phi) is 7.66. The summed E-state index contributed by atoms with van der Waals surface area (Å²) < 4.78 is 17.5. The molecule has 3 rings (SSSR count). The molecule has 1 amide bonds. The zero-order chi connectivity index (χ0) is 20.8. The van der Waals surface area contributed by atoms with Crippen LogP contribution in [0, 0.1) is 0 Å². The summed E-state index contributed by atoms with van der Waals surface area (Å²) in [6.07, 6.45) is 1.76. The summed E-state index contributed by atoms with van der Waals surface area (Å²) >= 11 is 18.2. The molecule has 0 saturated carbocycles. The van der Waals surface area contributed by atoms with Gasteiger partial charge in [0.2, 0.25) is 0 Å². The topological polar surface area (TPSA) is 56.8 Å². The van der Waals surface area contributed by atoms with Crippen molar-refractivity contribution in [3.05, 3.63) is 56.9 Å². The van der Waals surface area contributed by atoms with Gasteiger partial charge in [0, 0.05) is 5.02 Å². The summed E-state index contributed by atoms with van der Waals surface area (Å²) in [7, 11) is 0. The SMILES string of the molecule is CCOc1cc(/C=C2\SC(=S)NC2=O)ccc1OCCOc1ccc(Cl)cc1Cl. The summed E-state index contributed by atoms with van der Waals surface area (Å²) in [5, 5.41) is 3.58. The van der Waals surface area contributed by atoms with E-state index in [1.54, 1.807) is 30.3 Å². The lowest BCUT2D eigenvalue weighted by molar-refractivity contribution is -0.115. The van der Waals surface area contributed by atoms with Crippen LogP contribution in [0.25, 0.3) is 6.08 Å². The Morgan fingerprint density at radius 3 is 2.41 bits per heavy atom. The van der Waals surface area contributed by atoms with Gasteiger partial charge >= 0.3 is 0 Å². The van der Waals surface area contributed by atoms with Crippen molar-refractivity contribution >= 4 is 63.5 Å². The monoisotopic (exact) mass is 469 g/mol. The van der Waals surface area contributed by atoms with Crippen LogP contribution in [0.1, 0.15) is 12.5 Å². The van der Waals surface area contributed by atoms with E-state index in [2.05, 4.69) is 5.32 Å². The van der Waals surface area contributed by atoms with Crippen molar-refractivity contribution in [2.45, 2.75) is 6.92 Å². The predicted octanol–water partition coefficient (Wildman–Crippen LogP) is 5.34. The van der Waals surface area contributed by atoms with E-state index >= 15 is 0 Å². The van der Waals surface area contributed by atoms with Crippen LogP contribution < -0.4 is 19.5 Å². The standard InChI is InChI=1S/C20H17Cl2NO4S2/c1-2-25-17-9-12(10-18-19(24)23-20(28)29-18)3-5-16(17)27-8-7-26-15-6-4-13(21)11-14(15)22/h3-6,9-11H,2,7-8H2,1H3,(H,23,24,28)/b18-10-. The Morgan fingerprint density at radius 2 is 1.76 bits per heavy atom. The van der Waals surface area contributed by atoms with Gasteiger partial charge in [-0.15, -0.1) is 0 Å². The van der Waals surface area contributed by atoms with Gasteiger partial charge in [-0.3, -0.25) is 4.79 Å². The highest BCUT2D eigenvalue weighted by Gasteiger charge is 2.22. The van der Waals surface area contributed by atoms with Crippen molar-refractivity contribution in [1.29, 1.82) is 0 Å².